The average Bonchev–Trinajstić information content (AvgIpc) is 2.93. The van der Waals surface area contributed by atoms with Gasteiger partial charge in [-0.25, -0.2) is 0 Å². The molecule has 2 aliphatic rings. The summed E-state index contributed by atoms with van der Waals surface area (Å²) in [4.78, 5) is 2.53. The molecule has 0 spiro atoms. The van der Waals surface area contributed by atoms with Gasteiger partial charge in [0, 0.05) is 24.7 Å². The molecule has 106 valence electrons. The molecule has 0 unspecified atom stereocenters. The van der Waals surface area contributed by atoms with E-state index in [1.54, 1.807) is 0 Å². The van der Waals surface area contributed by atoms with Gasteiger partial charge in [0.25, 0.3) is 0 Å². The normalized spacial score (nSPS) is 20.5. The Balaban J connectivity index is 1.52. The van der Waals surface area contributed by atoms with E-state index in [4.69, 9.17) is 4.52 Å². The van der Waals surface area contributed by atoms with Crippen LogP contribution in [0.5, 0.6) is 0 Å². The average molecular weight is 263 g/mol. The molecule has 3 rings (SSSR count). The SMILES string of the molecule is CCN(Cc1cc(CNC2CC2)no1)C1CCCC1. The minimum atomic E-state index is 0.728. The topological polar surface area (TPSA) is 41.3 Å². The molecule has 0 bridgehead atoms. The summed E-state index contributed by atoms with van der Waals surface area (Å²) in [6.07, 6.45) is 8.09. The van der Waals surface area contributed by atoms with Gasteiger partial charge in [-0.2, -0.15) is 0 Å². The molecule has 2 aliphatic carbocycles. The summed E-state index contributed by atoms with van der Waals surface area (Å²) in [5.41, 5.74) is 1.05. The van der Waals surface area contributed by atoms with Crippen LogP contribution in [0.4, 0.5) is 0 Å². The molecular weight excluding hydrogens is 238 g/mol. The van der Waals surface area contributed by atoms with Crippen molar-refractivity contribution in [3.63, 3.8) is 0 Å². The molecule has 4 heteroatoms. The van der Waals surface area contributed by atoms with Gasteiger partial charge < -0.3 is 9.84 Å². The molecule has 0 aromatic carbocycles. The number of nitrogens with one attached hydrogen (secondary N) is 1. The summed E-state index contributed by atoms with van der Waals surface area (Å²) in [6, 6.07) is 3.60. The van der Waals surface area contributed by atoms with Crippen molar-refractivity contribution in [1.82, 2.24) is 15.4 Å². The van der Waals surface area contributed by atoms with Crippen molar-refractivity contribution in [3.05, 3.63) is 17.5 Å². The third-order valence-corrected chi connectivity index (χ3v) is 4.36. The molecule has 1 aromatic heterocycles. The predicted octanol–water partition coefficient (Wildman–Crippen LogP) is 2.69. The zero-order valence-electron chi connectivity index (χ0n) is 11.9. The molecule has 0 radical (unpaired) electrons. The Hall–Kier alpha value is -0.870. The van der Waals surface area contributed by atoms with Crippen LogP contribution >= 0.6 is 0 Å². The molecule has 2 saturated carbocycles. The Morgan fingerprint density at radius 1 is 1.32 bits per heavy atom. The molecule has 1 N–H and O–H groups in total. The second-order valence-corrected chi connectivity index (χ2v) is 5.94. The molecule has 0 atom stereocenters. The summed E-state index contributed by atoms with van der Waals surface area (Å²) in [5, 5.41) is 7.64. The van der Waals surface area contributed by atoms with Gasteiger partial charge in [-0.3, -0.25) is 4.90 Å². The maximum absolute atomic E-state index is 5.48. The van der Waals surface area contributed by atoms with Crippen LogP contribution in [-0.2, 0) is 13.1 Å². The third kappa shape index (κ3) is 3.57. The fraction of sp³-hybridized carbons (Fsp3) is 0.800. The number of rotatable bonds is 7. The molecule has 0 aliphatic heterocycles. The molecule has 0 amide bonds. The largest absolute Gasteiger partial charge is 0.360 e. The summed E-state index contributed by atoms with van der Waals surface area (Å²) >= 11 is 0. The Morgan fingerprint density at radius 2 is 2.11 bits per heavy atom. The number of hydrogen-bond donors (Lipinski definition) is 1. The van der Waals surface area contributed by atoms with Crippen molar-refractivity contribution < 1.29 is 4.52 Å². The molecule has 19 heavy (non-hydrogen) atoms. The first-order valence-electron chi connectivity index (χ1n) is 7.77. The molecule has 4 nitrogen and oxygen atoms in total. The first-order valence-corrected chi connectivity index (χ1v) is 7.77. The van der Waals surface area contributed by atoms with E-state index in [9.17, 15) is 0 Å². The van der Waals surface area contributed by atoms with Crippen molar-refractivity contribution in [1.29, 1.82) is 0 Å². The Kier molecular flexibility index (Phi) is 4.18. The first-order chi connectivity index (χ1) is 9.35. The van der Waals surface area contributed by atoms with E-state index in [1.165, 1.54) is 38.5 Å². The van der Waals surface area contributed by atoms with Crippen molar-refractivity contribution in [2.24, 2.45) is 0 Å². The highest BCUT2D eigenvalue weighted by Crippen LogP contribution is 2.25. The van der Waals surface area contributed by atoms with Gasteiger partial charge in [0.05, 0.1) is 12.2 Å². The predicted molar refractivity (Wildman–Crippen MR) is 74.7 cm³/mol. The Labute approximate surface area is 115 Å². The minimum absolute atomic E-state index is 0.728. The van der Waals surface area contributed by atoms with E-state index in [1.807, 2.05) is 0 Å². The van der Waals surface area contributed by atoms with Gasteiger partial charge in [0.15, 0.2) is 5.76 Å². The Bertz CT molecular complexity index is 394. The molecule has 0 saturated heterocycles. The maximum atomic E-state index is 5.48. The maximum Gasteiger partial charge on any atom is 0.151 e. The van der Waals surface area contributed by atoms with E-state index in [0.29, 0.717) is 0 Å². The monoisotopic (exact) mass is 263 g/mol. The fourth-order valence-electron chi connectivity index (χ4n) is 3.02. The minimum Gasteiger partial charge on any atom is -0.360 e. The smallest absolute Gasteiger partial charge is 0.151 e. The van der Waals surface area contributed by atoms with Crippen LogP contribution in [-0.4, -0.2) is 28.7 Å². The van der Waals surface area contributed by atoms with E-state index < -0.39 is 0 Å². The number of hydrogen-bond acceptors (Lipinski definition) is 4. The number of nitrogens with zero attached hydrogens (tertiary/aromatic N) is 2. The van der Waals surface area contributed by atoms with Crippen LogP contribution in [0.1, 0.15) is 56.9 Å². The van der Waals surface area contributed by atoms with Gasteiger partial charge in [-0.15, -0.1) is 0 Å². The number of aromatic nitrogens is 1. The summed E-state index contributed by atoms with van der Waals surface area (Å²) < 4.78 is 5.48. The lowest BCUT2D eigenvalue weighted by molar-refractivity contribution is 0.178. The summed E-state index contributed by atoms with van der Waals surface area (Å²) in [6.45, 7) is 5.10. The summed E-state index contributed by atoms with van der Waals surface area (Å²) in [5.74, 6) is 1.02. The van der Waals surface area contributed by atoms with Crippen molar-refractivity contribution >= 4 is 0 Å². The molecule has 2 fully saturated rings. The lowest BCUT2D eigenvalue weighted by atomic mass is 10.2. The van der Waals surface area contributed by atoms with Crippen LogP contribution in [0.2, 0.25) is 0 Å². The van der Waals surface area contributed by atoms with Gasteiger partial charge in [0.1, 0.15) is 0 Å². The quantitative estimate of drug-likeness (QED) is 0.821. The second-order valence-electron chi connectivity index (χ2n) is 5.94. The van der Waals surface area contributed by atoms with E-state index >= 15 is 0 Å². The molecule has 1 aromatic rings. The highest BCUT2D eigenvalue weighted by Gasteiger charge is 2.23. The summed E-state index contributed by atoms with van der Waals surface area (Å²) in [7, 11) is 0. The highest BCUT2D eigenvalue weighted by molar-refractivity contribution is 5.06. The molecular formula is C15H25N3O. The van der Waals surface area contributed by atoms with Gasteiger partial charge in [-0.1, -0.05) is 24.9 Å². The van der Waals surface area contributed by atoms with Gasteiger partial charge >= 0.3 is 0 Å². The lowest BCUT2D eigenvalue weighted by Gasteiger charge is -2.25. The van der Waals surface area contributed by atoms with E-state index in [2.05, 4.69) is 28.4 Å². The Morgan fingerprint density at radius 3 is 2.79 bits per heavy atom. The van der Waals surface area contributed by atoms with Gasteiger partial charge in [0.2, 0.25) is 0 Å². The highest BCUT2D eigenvalue weighted by atomic mass is 16.5. The zero-order chi connectivity index (χ0) is 13.1. The van der Waals surface area contributed by atoms with Crippen molar-refractivity contribution in [2.45, 2.75) is 70.6 Å². The van der Waals surface area contributed by atoms with Crippen LogP contribution in [0, 0.1) is 0 Å². The van der Waals surface area contributed by atoms with Gasteiger partial charge in [-0.05, 0) is 32.2 Å². The second kappa shape index (κ2) is 6.06. The first kappa shape index (κ1) is 13.1. The fourth-order valence-corrected chi connectivity index (χ4v) is 3.02. The van der Waals surface area contributed by atoms with E-state index in [0.717, 1.165) is 43.2 Å². The van der Waals surface area contributed by atoms with Crippen molar-refractivity contribution in [2.75, 3.05) is 6.54 Å². The van der Waals surface area contributed by atoms with Crippen LogP contribution in [0.25, 0.3) is 0 Å². The zero-order valence-corrected chi connectivity index (χ0v) is 11.9. The van der Waals surface area contributed by atoms with Crippen LogP contribution in [0.3, 0.4) is 0 Å². The standard InChI is InChI=1S/C15H25N3O/c1-2-18(14-5-3-4-6-14)11-15-9-13(17-19-15)10-16-12-7-8-12/h9,12,14,16H,2-8,10-11H2,1H3. The van der Waals surface area contributed by atoms with Crippen LogP contribution < -0.4 is 5.32 Å². The van der Waals surface area contributed by atoms with Crippen LogP contribution in [0.15, 0.2) is 10.6 Å². The van der Waals surface area contributed by atoms with E-state index in [-0.39, 0.29) is 0 Å². The third-order valence-electron chi connectivity index (χ3n) is 4.36. The molecule has 1 heterocycles. The van der Waals surface area contributed by atoms with Crippen molar-refractivity contribution in [3.8, 4) is 0 Å². The lowest BCUT2D eigenvalue weighted by Crippen LogP contribution is -2.32.